The van der Waals surface area contributed by atoms with Gasteiger partial charge >= 0.3 is 0 Å². The highest BCUT2D eigenvalue weighted by atomic mass is 15.0. The van der Waals surface area contributed by atoms with Crippen molar-refractivity contribution < 1.29 is 0 Å². The topological polar surface area (TPSA) is 76.1 Å². The molecule has 2 aliphatic heterocycles. The molecule has 110 valence electrons. The number of para-hydroxylation sites is 2. The number of fused-ring (bicyclic) bond motifs is 2. The fraction of sp³-hybridized carbons (Fsp3) is 0.294. The molecule has 2 aromatic carbocycles. The van der Waals surface area contributed by atoms with Crippen LogP contribution in [0.1, 0.15) is 18.1 Å². The van der Waals surface area contributed by atoms with Crippen LogP contribution in [0.2, 0.25) is 0 Å². The van der Waals surface area contributed by atoms with Crippen LogP contribution in [0, 0.1) is 0 Å². The van der Waals surface area contributed by atoms with E-state index in [1.165, 1.54) is 11.1 Å². The zero-order valence-electron chi connectivity index (χ0n) is 12.3. The first-order chi connectivity index (χ1) is 10.1. The number of hydrogen-bond acceptors (Lipinski definition) is 4. The van der Waals surface area contributed by atoms with Crippen LogP contribution < -0.4 is 22.1 Å². The minimum absolute atomic E-state index is 0.537. The lowest BCUT2D eigenvalue weighted by Gasteiger charge is -2.04. The molecule has 0 saturated heterocycles. The number of hydrogen-bond donors (Lipinski definition) is 4. The summed E-state index contributed by atoms with van der Waals surface area (Å²) < 4.78 is 0. The molecule has 4 rings (SSSR count). The summed E-state index contributed by atoms with van der Waals surface area (Å²) >= 11 is 0. The van der Waals surface area contributed by atoms with Gasteiger partial charge in [-0.15, -0.1) is 0 Å². The van der Waals surface area contributed by atoms with Gasteiger partial charge in [-0.3, -0.25) is 0 Å². The van der Waals surface area contributed by atoms with E-state index in [9.17, 15) is 0 Å². The monoisotopic (exact) mass is 282 g/mol. The SMILES string of the molecule is CC1Cc2cccc(N)c2N1.Nc1cccc2c1NCC2. The lowest BCUT2D eigenvalue weighted by atomic mass is 10.1. The van der Waals surface area contributed by atoms with Crippen molar-refractivity contribution in [3.8, 4) is 0 Å². The van der Waals surface area contributed by atoms with Gasteiger partial charge in [0.05, 0.1) is 22.7 Å². The Labute approximate surface area is 125 Å². The van der Waals surface area contributed by atoms with Gasteiger partial charge in [0.15, 0.2) is 0 Å². The van der Waals surface area contributed by atoms with Crippen molar-refractivity contribution in [1.82, 2.24) is 0 Å². The third-order valence-electron chi connectivity index (χ3n) is 3.98. The molecule has 0 saturated carbocycles. The van der Waals surface area contributed by atoms with Crippen molar-refractivity contribution in [1.29, 1.82) is 0 Å². The zero-order valence-corrected chi connectivity index (χ0v) is 12.3. The number of benzene rings is 2. The molecule has 0 amide bonds. The normalized spacial score (nSPS) is 17.9. The van der Waals surface area contributed by atoms with Crippen LogP contribution in [0.25, 0.3) is 0 Å². The van der Waals surface area contributed by atoms with Crippen LogP contribution >= 0.6 is 0 Å². The molecule has 4 heteroatoms. The van der Waals surface area contributed by atoms with Crippen molar-refractivity contribution in [3.63, 3.8) is 0 Å². The Balaban J connectivity index is 0.000000126. The van der Waals surface area contributed by atoms with Crippen LogP contribution in [0.3, 0.4) is 0 Å². The standard InChI is InChI=1S/C9H12N2.C8H10N2/c1-6-5-7-3-2-4-8(10)9(7)11-6;9-7-3-1-2-6-4-5-10-8(6)7/h2-4,6,11H,5,10H2,1H3;1-3,10H,4-5,9H2. The maximum atomic E-state index is 5.77. The predicted octanol–water partition coefficient (Wildman–Crippen LogP) is 2.86. The van der Waals surface area contributed by atoms with Crippen LogP contribution in [-0.4, -0.2) is 12.6 Å². The molecular formula is C17H22N4. The van der Waals surface area contributed by atoms with E-state index in [4.69, 9.17) is 11.5 Å². The van der Waals surface area contributed by atoms with E-state index in [0.717, 1.165) is 42.1 Å². The Morgan fingerprint density at radius 2 is 1.62 bits per heavy atom. The van der Waals surface area contributed by atoms with Gasteiger partial charge < -0.3 is 22.1 Å². The van der Waals surface area contributed by atoms with Gasteiger partial charge in [-0.25, -0.2) is 0 Å². The third-order valence-corrected chi connectivity index (χ3v) is 3.98. The number of nitrogen functional groups attached to an aromatic ring is 2. The maximum Gasteiger partial charge on any atom is 0.0609 e. The Bertz CT molecular complexity index is 651. The summed E-state index contributed by atoms with van der Waals surface area (Å²) in [5.41, 5.74) is 18.2. The van der Waals surface area contributed by atoms with Gasteiger partial charge in [0.1, 0.15) is 0 Å². The Hall–Kier alpha value is -2.36. The largest absolute Gasteiger partial charge is 0.397 e. The molecule has 0 spiro atoms. The Kier molecular flexibility index (Phi) is 3.60. The number of anilines is 4. The fourth-order valence-corrected chi connectivity index (χ4v) is 2.96. The molecule has 4 nitrogen and oxygen atoms in total. The van der Waals surface area contributed by atoms with Gasteiger partial charge in [-0.05, 0) is 43.0 Å². The van der Waals surface area contributed by atoms with Crippen molar-refractivity contribution >= 4 is 22.7 Å². The fourth-order valence-electron chi connectivity index (χ4n) is 2.96. The van der Waals surface area contributed by atoms with Crippen molar-refractivity contribution in [2.45, 2.75) is 25.8 Å². The zero-order chi connectivity index (χ0) is 14.8. The average Bonchev–Trinajstić information content (AvgIpc) is 3.06. The summed E-state index contributed by atoms with van der Waals surface area (Å²) in [4.78, 5) is 0. The van der Waals surface area contributed by atoms with Crippen molar-refractivity contribution in [2.24, 2.45) is 0 Å². The summed E-state index contributed by atoms with van der Waals surface area (Å²) in [6.45, 7) is 3.20. The minimum atomic E-state index is 0.537. The van der Waals surface area contributed by atoms with E-state index in [2.05, 4.69) is 29.7 Å². The lowest BCUT2D eigenvalue weighted by Crippen LogP contribution is -2.09. The first-order valence-electron chi connectivity index (χ1n) is 7.40. The van der Waals surface area contributed by atoms with Crippen LogP contribution in [-0.2, 0) is 12.8 Å². The molecule has 0 fully saturated rings. The number of nitrogens with two attached hydrogens (primary N) is 2. The summed E-state index contributed by atoms with van der Waals surface area (Å²) in [5, 5.41) is 6.58. The highest BCUT2D eigenvalue weighted by Crippen LogP contribution is 2.30. The molecule has 1 unspecified atom stereocenters. The smallest absolute Gasteiger partial charge is 0.0609 e. The molecule has 21 heavy (non-hydrogen) atoms. The van der Waals surface area contributed by atoms with Crippen LogP contribution in [0.15, 0.2) is 36.4 Å². The van der Waals surface area contributed by atoms with Gasteiger partial charge in [0.25, 0.3) is 0 Å². The van der Waals surface area contributed by atoms with Crippen molar-refractivity contribution in [3.05, 3.63) is 47.5 Å². The highest BCUT2D eigenvalue weighted by molar-refractivity contribution is 5.73. The average molecular weight is 282 g/mol. The molecule has 0 bridgehead atoms. The maximum absolute atomic E-state index is 5.77. The summed E-state index contributed by atoms with van der Waals surface area (Å²) in [6, 6.07) is 12.7. The second-order valence-electron chi connectivity index (χ2n) is 5.69. The van der Waals surface area contributed by atoms with Gasteiger partial charge in [-0.1, -0.05) is 24.3 Å². The molecule has 6 N–H and O–H groups in total. The van der Waals surface area contributed by atoms with Gasteiger partial charge in [0, 0.05) is 12.6 Å². The second-order valence-corrected chi connectivity index (χ2v) is 5.69. The van der Waals surface area contributed by atoms with Gasteiger partial charge in [0.2, 0.25) is 0 Å². The first kappa shape index (κ1) is 13.6. The Morgan fingerprint density at radius 1 is 0.952 bits per heavy atom. The molecule has 2 aromatic rings. The summed E-state index contributed by atoms with van der Waals surface area (Å²) in [7, 11) is 0. The van der Waals surface area contributed by atoms with E-state index in [-0.39, 0.29) is 0 Å². The molecule has 0 aliphatic carbocycles. The molecule has 0 aromatic heterocycles. The van der Waals surface area contributed by atoms with E-state index in [0.29, 0.717) is 6.04 Å². The highest BCUT2D eigenvalue weighted by Gasteiger charge is 2.17. The molecule has 1 atom stereocenters. The molecular weight excluding hydrogens is 260 g/mol. The lowest BCUT2D eigenvalue weighted by molar-refractivity contribution is 0.839. The third kappa shape index (κ3) is 2.75. The van der Waals surface area contributed by atoms with E-state index in [1.54, 1.807) is 0 Å². The molecule has 2 heterocycles. The predicted molar refractivity (Wildman–Crippen MR) is 90.7 cm³/mol. The quantitative estimate of drug-likeness (QED) is 0.560. The van der Waals surface area contributed by atoms with Gasteiger partial charge in [-0.2, -0.15) is 0 Å². The van der Waals surface area contributed by atoms with E-state index < -0.39 is 0 Å². The van der Waals surface area contributed by atoms with Crippen LogP contribution in [0.4, 0.5) is 22.7 Å². The molecule has 0 radical (unpaired) electrons. The van der Waals surface area contributed by atoms with E-state index in [1.807, 2.05) is 24.3 Å². The van der Waals surface area contributed by atoms with Crippen molar-refractivity contribution in [2.75, 3.05) is 28.6 Å². The number of rotatable bonds is 0. The Morgan fingerprint density at radius 3 is 2.29 bits per heavy atom. The minimum Gasteiger partial charge on any atom is -0.397 e. The summed E-state index contributed by atoms with van der Waals surface area (Å²) in [6.07, 6.45) is 2.21. The molecule has 2 aliphatic rings. The van der Waals surface area contributed by atoms with E-state index >= 15 is 0 Å². The number of nitrogens with one attached hydrogen (secondary N) is 2. The first-order valence-corrected chi connectivity index (χ1v) is 7.40. The summed E-state index contributed by atoms with van der Waals surface area (Å²) in [5.74, 6) is 0. The second kappa shape index (κ2) is 5.56. The van der Waals surface area contributed by atoms with Crippen LogP contribution in [0.5, 0.6) is 0 Å².